The standard InChI is InChI=1S/C13H21N3O8/c1-6(17)21-7(5-14-12(19)16(4)15-20)9-8(18)10-11(22-9)24-13(2,3)23-10/h7-11,18H,5H2,1-4H3,(H,14,19)/t7-,8+,9-,10-,11-/m1/s1. The molecule has 0 spiro atoms. The number of rotatable bonds is 5. The van der Waals surface area contributed by atoms with Crippen LogP contribution in [0.25, 0.3) is 0 Å². The molecule has 2 amide bonds. The van der Waals surface area contributed by atoms with Crippen LogP contribution in [0.4, 0.5) is 4.79 Å². The largest absolute Gasteiger partial charge is 0.458 e. The molecular formula is C13H21N3O8. The number of carbonyl (C=O) groups is 2. The zero-order chi connectivity index (χ0) is 18.1. The van der Waals surface area contributed by atoms with E-state index in [1.54, 1.807) is 13.8 Å². The van der Waals surface area contributed by atoms with E-state index in [1.807, 2.05) is 0 Å². The van der Waals surface area contributed by atoms with Gasteiger partial charge >= 0.3 is 12.0 Å². The second-order valence-corrected chi connectivity index (χ2v) is 6.00. The van der Waals surface area contributed by atoms with Crippen LogP contribution in [0.2, 0.25) is 0 Å². The van der Waals surface area contributed by atoms with Gasteiger partial charge in [-0.2, -0.15) is 5.01 Å². The van der Waals surface area contributed by atoms with Crippen LogP contribution in [0.15, 0.2) is 5.29 Å². The van der Waals surface area contributed by atoms with Crippen molar-refractivity contribution in [3.05, 3.63) is 4.91 Å². The molecule has 2 aliphatic rings. The van der Waals surface area contributed by atoms with Gasteiger partial charge in [0, 0.05) is 14.0 Å². The maximum absolute atomic E-state index is 11.6. The number of hydrogen-bond donors (Lipinski definition) is 2. The minimum Gasteiger partial charge on any atom is -0.458 e. The molecule has 0 aromatic heterocycles. The fourth-order valence-electron chi connectivity index (χ4n) is 2.60. The first-order chi connectivity index (χ1) is 11.1. The summed E-state index contributed by atoms with van der Waals surface area (Å²) in [5.41, 5.74) is 0. The summed E-state index contributed by atoms with van der Waals surface area (Å²) in [4.78, 5) is 33.2. The number of ether oxygens (including phenoxy) is 4. The van der Waals surface area contributed by atoms with E-state index in [-0.39, 0.29) is 6.54 Å². The fraction of sp³-hybridized carbons (Fsp3) is 0.846. The van der Waals surface area contributed by atoms with Gasteiger partial charge in [-0.3, -0.25) is 4.79 Å². The minimum atomic E-state index is -1.13. The van der Waals surface area contributed by atoms with Crippen molar-refractivity contribution in [3.8, 4) is 0 Å². The highest BCUT2D eigenvalue weighted by Crippen LogP contribution is 2.38. The van der Waals surface area contributed by atoms with Crippen LogP contribution in [-0.2, 0) is 23.7 Å². The molecular weight excluding hydrogens is 326 g/mol. The molecule has 11 nitrogen and oxygen atoms in total. The smallest absolute Gasteiger partial charge is 0.340 e. The Morgan fingerprint density at radius 2 is 2.08 bits per heavy atom. The molecule has 11 heteroatoms. The van der Waals surface area contributed by atoms with E-state index in [0.29, 0.717) is 5.01 Å². The van der Waals surface area contributed by atoms with Crippen LogP contribution in [0.5, 0.6) is 0 Å². The van der Waals surface area contributed by atoms with Crippen LogP contribution in [0.3, 0.4) is 0 Å². The Balaban J connectivity index is 2.02. The Bertz CT molecular complexity index is 513. The molecule has 24 heavy (non-hydrogen) atoms. The van der Waals surface area contributed by atoms with E-state index in [1.165, 1.54) is 6.92 Å². The lowest BCUT2D eigenvalue weighted by Gasteiger charge is -2.28. The van der Waals surface area contributed by atoms with Crippen molar-refractivity contribution in [1.29, 1.82) is 0 Å². The lowest BCUT2D eigenvalue weighted by molar-refractivity contribution is -0.228. The van der Waals surface area contributed by atoms with Gasteiger partial charge in [-0.1, -0.05) is 0 Å². The molecule has 2 N–H and O–H groups in total. The number of nitrogens with zero attached hydrogens (tertiary/aromatic N) is 2. The van der Waals surface area contributed by atoms with Gasteiger partial charge in [0.1, 0.15) is 24.4 Å². The maximum Gasteiger partial charge on any atom is 0.340 e. The third-order valence-electron chi connectivity index (χ3n) is 3.61. The number of esters is 1. The molecule has 2 aliphatic heterocycles. The van der Waals surface area contributed by atoms with E-state index in [2.05, 4.69) is 10.6 Å². The molecule has 136 valence electrons. The molecule has 0 aromatic carbocycles. The third-order valence-corrected chi connectivity index (χ3v) is 3.61. The van der Waals surface area contributed by atoms with Crippen LogP contribution in [0.1, 0.15) is 20.8 Å². The third kappa shape index (κ3) is 3.98. The molecule has 0 aromatic rings. The fourth-order valence-corrected chi connectivity index (χ4v) is 2.60. The summed E-state index contributed by atoms with van der Waals surface area (Å²) in [5.74, 6) is -1.52. The Morgan fingerprint density at radius 3 is 2.62 bits per heavy atom. The zero-order valence-corrected chi connectivity index (χ0v) is 13.8. The molecule has 5 atom stereocenters. The van der Waals surface area contributed by atoms with Gasteiger partial charge in [-0.25, -0.2) is 4.79 Å². The van der Waals surface area contributed by atoms with Gasteiger partial charge in [0.05, 0.1) is 11.8 Å². The van der Waals surface area contributed by atoms with E-state index in [4.69, 9.17) is 18.9 Å². The quantitative estimate of drug-likeness (QED) is 0.385. The van der Waals surface area contributed by atoms with Gasteiger partial charge in [-0.05, 0) is 13.8 Å². The second kappa shape index (κ2) is 6.97. The van der Waals surface area contributed by atoms with Crippen molar-refractivity contribution in [2.24, 2.45) is 5.29 Å². The van der Waals surface area contributed by atoms with Gasteiger partial charge in [-0.15, -0.1) is 4.91 Å². The zero-order valence-electron chi connectivity index (χ0n) is 13.8. The molecule has 0 aliphatic carbocycles. The maximum atomic E-state index is 11.6. The molecule has 0 radical (unpaired) electrons. The molecule has 2 fully saturated rings. The number of aliphatic hydroxyl groups is 1. The topological polar surface area (TPSA) is 136 Å². The summed E-state index contributed by atoms with van der Waals surface area (Å²) >= 11 is 0. The number of urea groups is 1. The molecule has 0 saturated carbocycles. The predicted molar refractivity (Wildman–Crippen MR) is 77.2 cm³/mol. The molecule has 0 bridgehead atoms. The van der Waals surface area contributed by atoms with Gasteiger partial charge in [0.15, 0.2) is 12.1 Å². The normalized spacial score (nSPS) is 31.9. The van der Waals surface area contributed by atoms with Crippen LogP contribution >= 0.6 is 0 Å². The highest BCUT2D eigenvalue weighted by Gasteiger charge is 2.56. The predicted octanol–water partition coefficient (Wildman–Crippen LogP) is -0.522. The summed E-state index contributed by atoms with van der Waals surface area (Å²) in [6.45, 7) is 4.36. The highest BCUT2D eigenvalue weighted by atomic mass is 16.8. The highest BCUT2D eigenvalue weighted by molar-refractivity contribution is 5.73. The van der Waals surface area contributed by atoms with E-state index < -0.39 is 48.5 Å². The summed E-state index contributed by atoms with van der Waals surface area (Å²) in [5, 5.41) is 15.7. The number of fused-ring (bicyclic) bond motifs is 1. The monoisotopic (exact) mass is 347 g/mol. The first-order valence-electron chi connectivity index (χ1n) is 7.36. The summed E-state index contributed by atoms with van der Waals surface area (Å²) < 4.78 is 21.8. The van der Waals surface area contributed by atoms with E-state index >= 15 is 0 Å². The van der Waals surface area contributed by atoms with Crippen LogP contribution < -0.4 is 5.32 Å². The molecule has 2 heterocycles. The Kier molecular flexibility index (Phi) is 5.38. The molecule has 2 rings (SSSR count). The number of carbonyl (C=O) groups excluding carboxylic acids is 2. The first-order valence-corrected chi connectivity index (χ1v) is 7.36. The summed E-state index contributed by atoms with van der Waals surface area (Å²) in [6.07, 6.45) is -4.64. The lowest BCUT2D eigenvalue weighted by atomic mass is 10.1. The summed E-state index contributed by atoms with van der Waals surface area (Å²) in [6, 6.07) is -0.788. The van der Waals surface area contributed by atoms with Crippen molar-refractivity contribution in [2.75, 3.05) is 13.6 Å². The minimum absolute atomic E-state index is 0.192. The average molecular weight is 347 g/mol. The number of hydrogen-bond acceptors (Lipinski definition) is 9. The molecule has 2 saturated heterocycles. The summed E-state index contributed by atoms with van der Waals surface area (Å²) in [7, 11) is 1.16. The molecule has 0 unspecified atom stereocenters. The first kappa shape index (κ1) is 18.5. The van der Waals surface area contributed by atoms with Crippen molar-refractivity contribution < 1.29 is 33.6 Å². The van der Waals surface area contributed by atoms with Crippen molar-refractivity contribution in [2.45, 2.75) is 57.3 Å². The number of aliphatic hydroxyl groups excluding tert-OH is 1. The Labute approximate surface area is 138 Å². The van der Waals surface area contributed by atoms with Crippen molar-refractivity contribution in [1.82, 2.24) is 10.3 Å². The number of nitrogens with one attached hydrogen (secondary N) is 1. The van der Waals surface area contributed by atoms with E-state index in [9.17, 15) is 19.6 Å². The Hall–Kier alpha value is -1.82. The average Bonchev–Trinajstić information content (AvgIpc) is 2.95. The van der Waals surface area contributed by atoms with Crippen molar-refractivity contribution >= 4 is 12.0 Å². The second-order valence-electron chi connectivity index (χ2n) is 6.00. The number of nitroso groups, excluding NO2 is 1. The van der Waals surface area contributed by atoms with E-state index in [0.717, 1.165) is 7.05 Å². The van der Waals surface area contributed by atoms with Crippen LogP contribution in [-0.4, -0.2) is 72.2 Å². The lowest BCUT2D eigenvalue weighted by Crippen LogP contribution is -2.49. The SMILES string of the molecule is CC(=O)O[C@H](CNC(=O)N(C)N=O)[C@H]1O[C@@H]2OC(C)(C)O[C@@H]2[C@H]1O. The van der Waals surface area contributed by atoms with Crippen LogP contribution in [0, 0.1) is 4.91 Å². The van der Waals surface area contributed by atoms with Gasteiger partial charge < -0.3 is 29.4 Å². The van der Waals surface area contributed by atoms with Crippen molar-refractivity contribution in [3.63, 3.8) is 0 Å². The number of amides is 2. The van der Waals surface area contributed by atoms with Gasteiger partial charge in [0.2, 0.25) is 0 Å². The Morgan fingerprint density at radius 1 is 1.42 bits per heavy atom. The van der Waals surface area contributed by atoms with Gasteiger partial charge in [0.25, 0.3) is 0 Å².